The highest BCUT2D eigenvalue weighted by molar-refractivity contribution is 5.14. The van der Waals surface area contributed by atoms with Crippen molar-refractivity contribution in [1.29, 1.82) is 0 Å². The average Bonchev–Trinajstić information content (AvgIpc) is 2.57. The first-order valence-electron chi connectivity index (χ1n) is 5.91. The van der Waals surface area contributed by atoms with Crippen LogP contribution in [0.5, 0.6) is 0 Å². The summed E-state index contributed by atoms with van der Waals surface area (Å²) in [6.07, 6.45) is 3.71. The molecule has 0 amide bonds. The normalized spacial score (nSPS) is 21.7. The Kier molecular flexibility index (Phi) is 4.31. The van der Waals surface area contributed by atoms with Crippen LogP contribution in [0.25, 0.3) is 0 Å². The molecule has 88 valence electrons. The molecule has 1 N–H and O–H groups in total. The van der Waals surface area contributed by atoms with E-state index in [9.17, 15) is 4.39 Å². The Labute approximate surface area is 95.8 Å². The van der Waals surface area contributed by atoms with Crippen LogP contribution in [-0.2, 0) is 11.3 Å². The summed E-state index contributed by atoms with van der Waals surface area (Å²) in [4.78, 5) is 0. The molecule has 1 atom stereocenters. The third-order valence-corrected chi connectivity index (χ3v) is 2.92. The second-order valence-corrected chi connectivity index (χ2v) is 4.24. The van der Waals surface area contributed by atoms with E-state index in [4.69, 9.17) is 4.74 Å². The van der Waals surface area contributed by atoms with Gasteiger partial charge in [0.05, 0.1) is 12.7 Å². The van der Waals surface area contributed by atoms with Crippen molar-refractivity contribution in [2.45, 2.75) is 32.0 Å². The van der Waals surface area contributed by atoms with E-state index < -0.39 is 0 Å². The van der Waals surface area contributed by atoms with Crippen LogP contribution in [-0.4, -0.2) is 19.2 Å². The lowest BCUT2D eigenvalue weighted by atomic mass is 10.1. The quantitative estimate of drug-likeness (QED) is 0.850. The highest BCUT2D eigenvalue weighted by Crippen LogP contribution is 2.12. The van der Waals surface area contributed by atoms with E-state index in [0.29, 0.717) is 12.7 Å². The average molecular weight is 223 g/mol. The Balaban J connectivity index is 1.79. The lowest BCUT2D eigenvalue weighted by molar-refractivity contribution is 0.0330. The molecule has 2 rings (SSSR count). The molecule has 1 aliphatic rings. The van der Waals surface area contributed by atoms with Crippen molar-refractivity contribution in [1.82, 2.24) is 5.32 Å². The van der Waals surface area contributed by atoms with Crippen molar-refractivity contribution in [3.8, 4) is 0 Å². The van der Waals surface area contributed by atoms with Gasteiger partial charge in [-0.1, -0.05) is 12.1 Å². The standard InChI is InChI=1S/C13H18FNO/c14-12-5-3-11(4-6-12)10-16-13-2-1-8-15-9-7-13/h3-6,13,15H,1-2,7-10H2. The Bertz CT molecular complexity index is 304. The van der Waals surface area contributed by atoms with Crippen LogP contribution in [0.1, 0.15) is 24.8 Å². The van der Waals surface area contributed by atoms with Crippen LogP contribution in [0, 0.1) is 5.82 Å². The highest BCUT2D eigenvalue weighted by atomic mass is 19.1. The molecule has 16 heavy (non-hydrogen) atoms. The summed E-state index contributed by atoms with van der Waals surface area (Å²) in [7, 11) is 0. The van der Waals surface area contributed by atoms with Gasteiger partial charge in [0.25, 0.3) is 0 Å². The number of halogens is 1. The zero-order valence-corrected chi connectivity index (χ0v) is 9.42. The summed E-state index contributed by atoms with van der Waals surface area (Å²) in [5.41, 5.74) is 1.04. The van der Waals surface area contributed by atoms with Crippen molar-refractivity contribution in [3.05, 3.63) is 35.6 Å². The SMILES string of the molecule is Fc1ccc(COC2CCCNCC2)cc1. The molecular weight excluding hydrogens is 205 g/mol. The molecule has 0 aliphatic carbocycles. The molecule has 1 aromatic carbocycles. The van der Waals surface area contributed by atoms with Crippen molar-refractivity contribution < 1.29 is 9.13 Å². The Hall–Kier alpha value is -0.930. The number of benzene rings is 1. The molecule has 1 aromatic rings. The molecule has 1 aliphatic heterocycles. The summed E-state index contributed by atoms with van der Waals surface area (Å²) in [6.45, 7) is 2.72. The fourth-order valence-electron chi connectivity index (χ4n) is 1.95. The maximum absolute atomic E-state index is 12.7. The Morgan fingerprint density at radius 1 is 1.19 bits per heavy atom. The largest absolute Gasteiger partial charge is 0.373 e. The molecule has 2 nitrogen and oxygen atoms in total. The molecule has 0 radical (unpaired) electrons. The first kappa shape index (κ1) is 11.6. The second kappa shape index (κ2) is 5.97. The molecule has 0 spiro atoms. The van der Waals surface area contributed by atoms with Gasteiger partial charge < -0.3 is 10.1 Å². The third kappa shape index (κ3) is 3.58. The number of ether oxygens (including phenoxy) is 1. The van der Waals surface area contributed by atoms with Gasteiger partial charge in [-0.25, -0.2) is 4.39 Å². The Morgan fingerprint density at radius 3 is 2.81 bits per heavy atom. The van der Waals surface area contributed by atoms with Crippen LogP contribution in [0.2, 0.25) is 0 Å². The van der Waals surface area contributed by atoms with E-state index in [1.54, 1.807) is 12.1 Å². The second-order valence-electron chi connectivity index (χ2n) is 4.24. The minimum Gasteiger partial charge on any atom is -0.373 e. The predicted octanol–water partition coefficient (Wildman–Crippen LogP) is 2.48. The monoisotopic (exact) mass is 223 g/mol. The maximum Gasteiger partial charge on any atom is 0.123 e. The first-order valence-corrected chi connectivity index (χ1v) is 5.91. The summed E-state index contributed by atoms with van der Waals surface area (Å²) in [5, 5.41) is 3.35. The van der Waals surface area contributed by atoms with Crippen molar-refractivity contribution in [2.75, 3.05) is 13.1 Å². The highest BCUT2D eigenvalue weighted by Gasteiger charge is 2.11. The van der Waals surface area contributed by atoms with Gasteiger partial charge in [-0.2, -0.15) is 0 Å². The number of nitrogens with one attached hydrogen (secondary N) is 1. The topological polar surface area (TPSA) is 21.3 Å². The van der Waals surface area contributed by atoms with E-state index in [1.807, 2.05) is 0 Å². The molecule has 1 saturated heterocycles. The lowest BCUT2D eigenvalue weighted by Crippen LogP contribution is -2.17. The van der Waals surface area contributed by atoms with Crippen molar-refractivity contribution in [3.63, 3.8) is 0 Å². The Morgan fingerprint density at radius 2 is 2.00 bits per heavy atom. The fraction of sp³-hybridized carbons (Fsp3) is 0.538. The van der Waals surface area contributed by atoms with Crippen molar-refractivity contribution >= 4 is 0 Å². The molecule has 0 aromatic heterocycles. The summed E-state index contributed by atoms with van der Waals surface area (Å²) >= 11 is 0. The van der Waals surface area contributed by atoms with Gasteiger partial charge >= 0.3 is 0 Å². The molecule has 1 fully saturated rings. The summed E-state index contributed by atoms with van der Waals surface area (Å²) < 4.78 is 18.5. The summed E-state index contributed by atoms with van der Waals surface area (Å²) in [5.74, 6) is -0.192. The predicted molar refractivity (Wildman–Crippen MR) is 61.7 cm³/mol. The van der Waals surface area contributed by atoms with Gasteiger partial charge in [-0.05, 0) is 50.0 Å². The molecule has 0 bridgehead atoms. The molecule has 1 unspecified atom stereocenters. The number of hydrogen-bond acceptors (Lipinski definition) is 2. The van der Waals surface area contributed by atoms with Gasteiger partial charge in [-0.15, -0.1) is 0 Å². The minimum absolute atomic E-state index is 0.192. The van der Waals surface area contributed by atoms with Gasteiger partial charge in [0.1, 0.15) is 5.82 Å². The van der Waals surface area contributed by atoms with E-state index in [-0.39, 0.29) is 5.82 Å². The fourth-order valence-corrected chi connectivity index (χ4v) is 1.95. The van der Waals surface area contributed by atoms with Gasteiger partial charge in [-0.3, -0.25) is 0 Å². The molecule has 0 saturated carbocycles. The van der Waals surface area contributed by atoms with Crippen LogP contribution in [0.3, 0.4) is 0 Å². The molecule has 1 heterocycles. The first-order chi connectivity index (χ1) is 7.84. The van der Waals surface area contributed by atoms with E-state index in [2.05, 4.69) is 5.32 Å². The minimum atomic E-state index is -0.192. The van der Waals surface area contributed by atoms with Gasteiger partial charge in [0.15, 0.2) is 0 Å². The third-order valence-electron chi connectivity index (χ3n) is 2.92. The van der Waals surface area contributed by atoms with E-state index >= 15 is 0 Å². The zero-order valence-electron chi connectivity index (χ0n) is 9.42. The number of hydrogen-bond donors (Lipinski definition) is 1. The van der Waals surface area contributed by atoms with E-state index in [1.165, 1.54) is 18.6 Å². The summed E-state index contributed by atoms with van der Waals surface area (Å²) in [6, 6.07) is 6.52. The lowest BCUT2D eigenvalue weighted by Gasteiger charge is -2.14. The zero-order chi connectivity index (χ0) is 11.2. The van der Waals surface area contributed by atoms with Gasteiger partial charge in [0.2, 0.25) is 0 Å². The van der Waals surface area contributed by atoms with Crippen LogP contribution in [0.15, 0.2) is 24.3 Å². The van der Waals surface area contributed by atoms with Crippen LogP contribution >= 0.6 is 0 Å². The smallest absolute Gasteiger partial charge is 0.123 e. The maximum atomic E-state index is 12.7. The van der Waals surface area contributed by atoms with Crippen LogP contribution < -0.4 is 5.32 Å². The molecule has 3 heteroatoms. The van der Waals surface area contributed by atoms with Crippen LogP contribution in [0.4, 0.5) is 4.39 Å². The van der Waals surface area contributed by atoms with E-state index in [0.717, 1.165) is 31.5 Å². The number of rotatable bonds is 3. The van der Waals surface area contributed by atoms with Crippen molar-refractivity contribution in [2.24, 2.45) is 0 Å². The van der Waals surface area contributed by atoms with Gasteiger partial charge in [0, 0.05) is 0 Å². The molecular formula is C13H18FNO.